The smallest absolute Gasteiger partial charge is 0.316 e. The van der Waals surface area contributed by atoms with E-state index in [0.717, 1.165) is 5.56 Å². The molecular formula is C9H13O3PS. The maximum absolute atomic E-state index is 10.8. The highest BCUT2D eigenvalue weighted by Crippen LogP contribution is 2.55. The van der Waals surface area contributed by atoms with Crippen molar-refractivity contribution in [2.45, 2.75) is 24.7 Å². The van der Waals surface area contributed by atoms with Crippen LogP contribution in [0.25, 0.3) is 0 Å². The molecule has 1 rings (SSSR count). The van der Waals surface area contributed by atoms with Crippen molar-refractivity contribution in [1.82, 2.24) is 0 Å². The van der Waals surface area contributed by atoms with E-state index in [1.54, 1.807) is 12.1 Å². The molecule has 5 heteroatoms. The minimum absolute atomic E-state index is 0.269. The first-order valence-electron chi connectivity index (χ1n) is 4.24. The van der Waals surface area contributed by atoms with Gasteiger partial charge >= 0.3 is 6.80 Å². The Balaban J connectivity index is 3.02. The van der Waals surface area contributed by atoms with Crippen molar-refractivity contribution in [2.75, 3.05) is 0 Å². The van der Waals surface area contributed by atoms with Gasteiger partial charge in [-0.1, -0.05) is 32.0 Å². The van der Waals surface area contributed by atoms with Gasteiger partial charge in [0.25, 0.3) is 0 Å². The fourth-order valence-electron chi connectivity index (χ4n) is 1.17. The zero-order chi connectivity index (χ0) is 10.8. The summed E-state index contributed by atoms with van der Waals surface area (Å²) in [6.45, 7) is -0.0394. The van der Waals surface area contributed by atoms with E-state index in [1.165, 1.54) is 0 Å². The molecule has 1 aromatic rings. The van der Waals surface area contributed by atoms with Crippen molar-refractivity contribution in [1.29, 1.82) is 0 Å². The Labute approximate surface area is 87.4 Å². The first-order chi connectivity index (χ1) is 6.40. The van der Waals surface area contributed by atoms with E-state index < -0.39 is 6.80 Å². The second kappa shape index (κ2) is 4.49. The monoisotopic (exact) mass is 232 g/mol. The summed E-state index contributed by atoms with van der Waals surface area (Å²) in [5, 5.41) is 0. The summed E-state index contributed by atoms with van der Waals surface area (Å²) in [5.41, 5.74) is 0.973. The number of hydrogen-bond acceptors (Lipinski definition) is 2. The normalized spacial score (nSPS) is 12.1. The van der Waals surface area contributed by atoms with Crippen molar-refractivity contribution in [3.63, 3.8) is 0 Å². The Morgan fingerprint density at radius 2 is 1.86 bits per heavy atom. The molecule has 78 valence electrons. The van der Waals surface area contributed by atoms with Gasteiger partial charge in [0.2, 0.25) is 0 Å². The summed E-state index contributed by atoms with van der Waals surface area (Å²) in [4.78, 5) is 18.4. The van der Waals surface area contributed by atoms with Crippen LogP contribution in [0.3, 0.4) is 0 Å². The average molecular weight is 232 g/mol. The van der Waals surface area contributed by atoms with Crippen molar-refractivity contribution in [2.24, 2.45) is 0 Å². The van der Waals surface area contributed by atoms with E-state index in [0.29, 0.717) is 16.3 Å². The molecule has 0 atom stereocenters. The molecule has 0 bridgehead atoms. The number of benzene rings is 1. The van der Waals surface area contributed by atoms with Crippen LogP contribution in [0.4, 0.5) is 0 Å². The minimum Gasteiger partial charge on any atom is -0.316 e. The lowest BCUT2D eigenvalue weighted by atomic mass is 10.0. The van der Waals surface area contributed by atoms with Gasteiger partial charge in [0.15, 0.2) is 0 Å². The van der Waals surface area contributed by atoms with Crippen molar-refractivity contribution in [3.05, 3.63) is 29.8 Å². The Morgan fingerprint density at radius 3 is 2.36 bits per heavy atom. The summed E-state index contributed by atoms with van der Waals surface area (Å²) in [5.74, 6) is 0.269. The highest BCUT2D eigenvalue weighted by atomic mass is 32.7. The van der Waals surface area contributed by atoms with Gasteiger partial charge in [-0.05, 0) is 28.9 Å². The number of hydrogen-bond donors (Lipinski definition) is 2. The minimum atomic E-state index is -4.04. The average Bonchev–Trinajstić information content (AvgIpc) is 2.01. The molecular weight excluding hydrogens is 219 g/mol. The lowest BCUT2D eigenvalue weighted by molar-refractivity contribution is 0.397. The van der Waals surface area contributed by atoms with Gasteiger partial charge < -0.3 is 9.79 Å². The van der Waals surface area contributed by atoms with E-state index in [9.17, 15) is 4.57 Å². The van der Waals surface area contributed by atoms with E-state index in [4.69, 9.17) is 9.79 Å². The fraction of sp³-hybridized carbons (Fsp3) is 0.333. The van der Waals surface area contributed by atoms with E-state index >= 15 is 0 Å². The zero-order valence-electron chi connectivity index (χ0n) is 8.04. The molecule has 0 saturated heterocycles. The van der Waals surface area contributed by atoms with Gasteiger partial charge in [-0.2, -0.15) is 0 Å². The molecule has 0 aliphatic heterocycles. The Morgan fingerprint density at radius 1 is 1.29 bits per heavy atom. The quantitative estimate of drug-likeness (QED) is 0.786. The second-order valence-corrected chi connectivity index (χ2v) is 6.85. The largest absolute Gasteiger partial charge is 0.388 e. The summed E-state index contributed by atoms with van der Waals surface area (Å²) >= 11 is 0.622. The second-order valence-electron chi connectivity index (χ2n) is 3.27. The molecule has 0 aliphatic carbocycles. The summed E-state index contributed by atoms with van der Waals surface area (Å²) < 4.78 is 10.8. The van der Waals surface area contributed by atoms with Gasteiger partial charge in [-0.3, -0.25) is 0 Å². The highest BCUT2D eigenvalue weighted by Gasteiger charge is 2.18. The predicted molar refractivity (Wildman–Crippen MR) is 58.4 cm³/mol. The van der Waals surface area contributed by atoms with Crippen LogP contribution >= 0.6 is 18.2 Å². The van der Waals surface area contributed by atoms with E-state index in [2.05, 4.69) is 0 Å². The molecule has 0 amide bonds. The molecule has 0 heterocycles. The van der Waals surface area contributed by atoms with Crippen LogP contribution in [0.1, 0.15) is 25.3 Å². The van der Waals surface area contributed by atoms with Crippen molar-refractivity contribution >= 4 is 18.2 Å². The third kappa shape index (κ3) is 3.46. The topological polar surface area (TPSA) is 57.5 Å². The predicted octanol–water partition coefficient (Wildman–Crippen LogP) is 2.99. The fourth-order valence-corrected chi connectivity index (χ4v) is 3.24. The van der Waals surface area contributed by atoms with E-state index in [1.807, 2.05) is 26.0 Å². The lowest BCUT2D eigenvalue weighted by Crippen LogP contribution is -1.89. The molecule has 0 saturated carbocycles. The standard InChI is InChI=1S/C9H13O3PS/c1-7(2)8-5-3-4-6-9(8)14-13(10,11)12/h3-7H,1-2H3,(H2,10,11,12). The van der Waals surface area contributed by atoms with Crippen molar-refractivity contribution < 1.29 is 14.4 Å². The van der Waals surface area contributed by atoms with Gasteiger partial charge in [0, 0.05) is 4.90 Å². The molecule has 0 fully saturated rings. The number of rotatable bonds is 3. The Kier molecular flexibility index (Phi) is 3.78. The summed E-state index contributed by atoms with van der Waals surface area (Å²) in [6.07, 6.45) is 0. The molecule has 0 unspecified atom stereocenters. The van der Waals surface area contributed by atoms with Gasteiger partial charge in [0.1, 0.15) is 0 Å². The summed E-state index contributed by atoms with van der Waals surface area (Å²) in [6, 6.07) is 7.28. The van der Waals surface area contributed by atoms with Crippen LogP contribution in [-0.2, 0) is 4.57 Å². The first kappa shape index (κ1) is 11.8. The molecule has 0 spiro atoms. The van der Waals surface area contributed by atoms with Crippen LogP contribution in [0, 0.1) is 0 Å². The first-order valence-corrected chi connectivity index (χ1v) is 7.27. The maximum atomic E-state index is 10.8. The van der Waals surface area contributed by atoms with Crippen LogP contribution in [0.5, 0.6) is 0 Å². The van der Waals surface area contributed by atoms with Crippen LogP contribution < -0.4 is 0 Å². The van der Waals surface area contributed by atoms with Crippen LogP contribution in [0.15, 0.2) is 29.2 Å². The van der Waals surface area contributed by atoms with Gasteiger partial charge in [-0.25, -0.2) is 4.57 Å². The maximum Gasteiger partial charge on any atom is 0.388 e. The third-order valence-corrected chi connectivity index (χ3v) is 3.87. The lowest BCUT2D eigenvalue weighted by Gasteiger charge is -2.11. The van der Waals surface area contributed by atoms with Gasteiger partial charge in [-0.15, -0.1) is 0 Å². The summed E-state index contributed by atoms with van der Waals surface area (Å²) in [7, 11) is 0. The SMILES string of the molecule is CC(C)c1ccccc1SP(=O)(O)O. The molecule has 2 N–H and O–H groups in total. The molecule has 14 heavy (non-hydrogen) atoms. The molecule has 0 aliphatic rings. The highest BCUT2D eigenvalue weighted by molar-refractivity contribution is 8.54. The van der Waals surface area contributed by atoms with Crippen molar-refractivity contribution in [3.8, 4) is 0 Å². The molecule has 0 radical (unpaired) electrons. The molecule has 3 nitrogen and oxygen atoms in total. The van der Waals surface area contributed by atoms with E-state index in [-0.39, 0.29) is 5.92 Å². The van der Waals surface area contributed by atoms with Crippen LogP contribution in [0.2, 0.25) is 0 Å². The van der Waals surface area contributed by atoms with Gasteiger partial charge in [0.05, 0.1) is 0 Å². The third-order valence-electron chi connectivity index (χ3n) is 1.76. The Bertz CT molecular complexity index is 359. The zero-order valence-corrected chi connectivity index (χ0v) is 9.76. The Hall–Kier alpha value is -0.280. The molecule has 1 aromatic carbocycles. The van der Waals surface area contributed by atoms with Crippen LogP contribution in [-0.4, -0.2) is 9.79 Å². The molecule has 0 aromatic heterocycles.